The number of piperazine rings is 1. The zero-order valence-electron chi connectivity index (χ0n) is 18.0. The van der Waals surface area contributed by atoms with Crippen molar-refractivity contribution >= 4 is 28.4 Å². The Morgan fingerprint density at radius 3 is 2.53 bits per heavy atom. The number of H-pyrrole nitrogens is 1. The average Bonchev–Trinajstić information content (AvgIpc) is 3.19. The summed E-state index contributed by atoms with van der Waals surface area (Å²) < 4.78 is 0. The number of nitrogens with zero attached hydrogens (tertiary/aromatic N) is 3. The van der Waals surface area contributed by atoms with Gasteiger partial charge < -0.3 is 19.9 Å². The van der Waals surface area contributed by atoms with Crippen molar-refractivity contribution < 1.29 is 19.6 Å². The number of non-ortho nitro benzene ring substituents is 1. The Kier molecular flexibility index (Phi) is 5.21. The number of aliphatic hydroxyl groups is 1. The minimum Gasteiger partial charge on any atom is -0.363 e. The highest BCUT2D eigenvalue weighted by molar-refractivity contribution is 5.99. The summed E-state index contributed by atoms with van der Waals surface area (Å²) in [6, 6.07) is 11.2. The molecule has 32 heavy (non-hydrogen) atoms. The summed E-state index contributed by atoms with van der Waals surface area (Å²) in [5, 5.41) is 23.2. The SMILES string of the molecule is Cc1ccccc1C[C@@]1(O)C(=O)N(C)[C@@H](Cc2c[nH]c3cccc([N+](=O)[O-])c23)C(=O)N1C. The first-order chi connectivity index (χ1) is 15.1. The van der Waals surface area contributed by atoms with E-state index in [4.69, 9.17) is 0 Å². The molecule has 1 fully saturated rings. The lowest BCUT2D eigenvalue weighted by Gasteiger charge is -2.47. The second-order valence-corrected chi connectivity index (χ2v) is 8.22. The smallest absolute Gasteiger partial charge is 0.279 e. The molecule has 2 N–H and O–H groups in total. The number of carbonyl (C=O) groups is 2. The second kappa shape index (κ2) is 7.76. The summed E-state index contributed by atoms with van der Waals surface area (Å²) in [4.78, 5) is 42.9. The van der Waals surface area contributed by atoms with Crippen molar-refractivity contribution in [3.05, 3.63) is 75.5 Å². The zero-order chi connectivity index (χ0) is 23.2. The van der Waals surface area contributed by atoms with E-state index in [2.05, 4.69) is 4.98 Å². The largest absolute Gasteiger partial charge is 0.363 e. The van der Waals surface area contributed by atoms with Gasteiger partial charge in [0.05, 0.1) is 15.8 Å². The van der Waals surface area contributed by atoms with Crippen LogP contribution < -0.4 is 0 Å². The average molecular weight is 436 g/mol. The topological polar surface area (TPSA) is 120 Å². The van der Waals surface area contributed by atoms with Crippen molar-refractivity contribution in [1.29, 1.82) is 0 Å². The van der Waals surface area contributed by atoms with Crippen molar-refractivity contribution in [2.24, 2.45) is 0 Å². The summed E-state index contributed by atoms with van der Waals surface area (Å²) in [5.41, 5.74) is 0.729. The molecule has 2 amide bonds. The van der Waals surface area contributed by atoms with E-state index in [0.717, 1.165) is 16.0 Å². The molecule has 2 heterocycles. The Morgan fingerprint density at radius 2 is 1.84 bits per heavy atom. The fourth-order valence-corrected chi connectivity index (χ4v) is 4.39. The fourth-order valence-electron chi connectivity index (χ4n) is 4.39. The van der Waals surface area contributed by atoms with Crippen LogP contribution in [0.15, 0.2) is 48.7 Å². The first kappa shape index (κ1) is 21.5. The molecule has 1 aliphatic heterocycles. The van der Waals surface area contributed by atoms with Gasteiger partial charge in [-0.05, 0) is 29.7 Å². The molecule has 0 bridgehead atoms. The van der Waals surface area contributed by atoms with Crippen LogP contribution in [0.2, 0.25) is 0 Å². The van der Waals surface area contributed by atoms with Crippen LogP contribution in [0.5, 0.6) is 0 Å². The number of nitro benzene ring substituents is 1. The van der Waals surface area contributed by atoms with Crippen molar-refractivity contribution in [1.82, 2.24) is 14.8 Å². The highest BCUT2D eigenvalue weighted by Crippen LogP contribution is 2.33. The monoisotopic (exact) mass is 436 g/mol. The third-order valence-electron chi connectivity index (χ3n) is 6.37. The fraction of sp³-hybridized carbons (Fsp3) is 0.304. The predicted molar refractivity (Wildman–Crippen MR) is 118 cm³/mol. The molecular formula is C23H24N4O5. The number of nitrogens with one attached hydrogen (secondary N) is 1. The van der Waals surface area contributed by atoms with Crippen molar-refractivity contribution in [2.45, 2.75) is 31.5 Å². The normalized spacial score (nSPS) is 21.4. The number of hydrogen-bond donors (Lipinski definition) is 2. The second-order valence-electron chi connectivity index (χ2n) is 8.22. The van der Waals surface area contributed by atoms with E-state index in [1.807, 2.05) is 31.2 Å². The maximum absolute atomic E-state index is 13.3. The van der Waals surface area contributed by atoms with Gasteiger partial charge in [-0.15, -0.1) is 0 Å². The number of carbonyl (C=O) groups excluding carboxylic acids is 2. The van der Waals surface area contributed by atoms with Crippen LogP contribution in [0, 0.1) is 17.0 Å². The van der Waals surface area contributed by atoms with Gasteiger partial charge in [0.2, 0.25) is 11.6 Å². The van der Waals surface area contributed by atoms with Gasteiger partial charge in [-0.2, -0.15) is 0 Å². The molecule has 0 spiro atoms. The highest BCUT2D eigenvalue weighted by Gasteiger charge is 2.53. The Balaban J connectivity index is 1.67. The number of fused-ring (bicyclic) bond motifs is 1. The van der Waals surface area contributed by atoms with Crippen LogP contribution in [0.25, 0.3) is 10.9 Å². The van der Waals surface area contributed by atoms with Gasteiger partial charge in [0.1, 0.15) is 6.04 Å². The summed E-state index contributed by atoms with van der Waals surface area (Å²) in [6.07, 6.45) is 1.67. The van der Waals surface area contributed by atoms with E-state index in [-0.39, 0.29) is 18.5 Å². The van der Waals surface area contributed by atoms with Gasteiger partial charge >= 0.3 is 0 Å². The zero-order valence-corrected chi connectivity index (χ0v) is 18.0. The number of hydrogen-bond acceptors (Lipinski definition) is 5. The third-order valence-corrected chi connectivity index (χ3v) is 6.37. The van der Waals surface area contributed by atoms with Gasteiger partial charge in [-0.3, -0.25) is 19.7 Å². The number of nitro groups is 1. The number of rotatable bonds is 5. The molecule has 1 saturated heterocycles. The van der Waals surface area contributed by atoms with Crippen LogP contribution in [-0.2, 0) is 22.4 Å². The molecule has 9 heteroatoms. The lowest BCUT2D eigenvalue weighted by molar-refractivity contribution is -0.383. The van der Waals surface area contributed by atoms with Crippen molar-refractivity contribution in [3.63, 3.8) is 0 Å². The molecule has 2 atom stereocenters. The van der Waals surface area contributed by atoms with Gasteiger partial charge in [0.15, 0.2) is 0 Å². The molecule has 1 aliphatic rings. The number of aryl methyl sites for hydroxylation is 1. The van der Waals surface area contributed by atoms with Crippen molar-refractivity contribution in [3.8, 4) is 0 Å². The molecule has 4 rings (SSSR count). The lowest BCUT2D eigenvalue weighted by atomic mass is 9.91. The van der Waals surface area contributed by atoms with E-state index in [0.29, 0.717) is 16.5 Å². The molecule has 0 aliphatic carbocycles. The van der Waals surface area contributed by atoms with Gasteiger partial charge in [0.25, 0.3) is 11.6 Å². The van der Waals surface area contributed by atoms with E-state index in [1.54, 1.807) is 18.3 Å². The van der Waals surface area contributed by atoms with E-state index in [9.17, 15) is 24.8 Å². The molecule has 0 unspecified atom stereocenters. The summed E-state index contributed by atoms with van der Waals surface area (Å²) >= 11 is 0. The van der Waals surface area contributed by atoms with E-state index in [1.165, 1.54) is 25.1 Å². The first-order valence-electron chi connectivity index (χ1n) is 10.2. The Labute approximate surface area is 184 Å². The highest BCUT2D eigenvalue weighted by atomic mass is 16.6. The molecule has 2 aromatic carbocycles. The van der Waals surface area contributed by atoms with Gasteiger partial charge in [-0.1, -0.05) is 30.3 Å². The molecule has 3 aromatic rings. The molecule has 166 valence electrons. The summed E-state index contributed by atoms with van der Waals surface area (Å²) in [6.45, 7) is 1.88. The Bertz CT molecular complexity index is 1240. The third kappa shape index (κ3) is 3.31. The van der Waals surface area contributed by atoms with Crippen LogP contribution in [0.4, 0.5) is 5.69 Å². The van der Waals surface area contributed by atoms with Crippen LogP contribution >= 0.6 is 0 Å². The standard InChI is InChI=1S/C23H24N4O5/c1-14-7-4-5-8-15(14)12-23(30)22(29)25(2)19(21(28)26(23)3)11-16-13-24-17-9-6-10-18(20(16)17)27(31)32/h4-10,13,19,24,30H,11-12H2,1-3H3/t19-,23+/m0/s1. The molecular weight excluding hydrogens is 412 g/mol. The minimum atomic E-state index is -2.01. The van der Waals surface area contributed by atoms with Gasteiger partial charge in [0, 0.05) is 39.2 Å². The molecule has 0 radical (unpaired) electrons. The van der Waals surface area contributed by atoms with Crippen molar-refractivity contribution in [2.75, 3.05) is 14.1 Å². The first-order valence-corrected chi connectivity index (χ1v) is 10.2. The van der Waals surface area contributed by atoms with Gasteiger partial charge in [-0.25, -0.2) is 0 Å². The van der Waals surface area contributed by atoms with Crippen LogP contribution in [0.1, 0.15) is 16.7 Å². The van der Waals surface area contributed by atoms with E-state index < -0.39 is 28.5 Å². The van der Waals surface area contributed by atoms with Crippen LogP contribution in [0.3, 0.4) is 0 Å². The Hall–Kier alpha value is -3.72. The Morgan fingerprint density at radius 1 is 1.12 bits per heavy atom. The lowest BCUT2D eigenvalue weighted by Crippen LogP contribution is -2.71. The quantitative estimate of drug-likeness (QED) is 0.469. The maximum atomic E-state index is 13.3. The summed E-state index contributed by atoms with van der Waals surface area (Å²) in [7, 11) is 2.89. The molecule has 9 nitrogen and oxygen atoms in total. The predicted octanol–water partition coefficient (Wildman–Crippen LogP) is 2.16. The molecule has 0 saturated carbocycles. The van der Waals surface area contributed by atoms with Crippen LogP contribution in [-0.4, -0.2) is 62.5 Å². The number of aromatic amines is 1. The maximum Gasteiger partial charge on any atom is 0.279 e. The molecule has 1 aromatic heterocycles. The number of likely N-dealkylation sites (N-methyl/N-ethyl adjacent to an activating group) is 2. The van der Waals surface area contributed by atoms with E-state index >= 15 is 0 Å². The minimum absolute atomic E-state index is 0.0314. The number of aromatic nitrogens is 1. The number of benzene rings is 2. The number of amides is 2. The summed E-state index contributed by atoms with van der Waals surface area (Å²) in [5.74, 6) is -1.03.